The molecule has 9 heteroatoms. The Bertz CT molecular complexity index is 1230. The number of carbonyl (C=O) groups excluding carboxylic acids is 1. The highest BCUT2D eigenvalue weighted by atomic mass is 31.2. The number of hydrogen-bond acceptors (Lipinski definition) is 7. The summed E-state index contributed by atoms with van der Waals surface area (Å²) >= 11 is 0. The summed E-state index contributed by atoms with van der Waals surface area (Å²) in [5.41, 5.74) is 0. The van der Waals surface area contributed by atoms with Gasteiger partial charge in [0.25, 0.3) is 7.82 Å². The summed E-state index contributed by atoms with van der Waals surface area (Å²) in [4.78, 5) is 25.1. The monoisotopic (exact) mass is 904 g/mol. The summed E-state index contributed by atoms with van der Waals surface area (Å²) in [7, 11) is 1.31. The average Bonchev–Trinajstić information content (AvgIpc) is 3.24. The molecule has 2 unspecified atom stereocenters. The molecule has 0 spiro atoms. The molecule has 0 N–H and O–H groups in total. The maximum absolute atomic E-state index is 12.7. The number of phosphoric ester groups is 1. The predicted octanol–water partition coefficient (Wildman–Crippen LogP) is 15.2. The number of phosphoric acid groups is 1. The molecule has 366 valence electrons. The van der Waals surface area contributed by atoms with Gasteiger partial charge in [0, 0.05) is 13.0 Å². The molecule has 0 aliphatic heterocycles. The number of allylic oxidation sites excluding steroid dienone is 12. The molecular weight excluding hydrogens is 806 g/mol. The molecule has 0 aromatic rings. The summed E-state index contributed by atoms with van der Waals surface area (Å²) in [5.74, 6) is -0.390. The lowest BCUT2D eigenvalue weighted by Gasteiger charge is -2.28. The Labute approximate surface area is 389 Å². The van der Waals surface area contributed by atoms with E-state index in [4.69, 9.17) is 18.5 Å². The highest BCUT2D eigenvalue weighted by Crippen LogP contribution is 2.38. The summed E-state index contributed by atoms with van der Waals surface area (Å²) in [6.07, 6.45) is 60.9. The molecule has 0 fully saturated rings. The molecule has 63 heavy (non-hydrogen) atoms. The lowest BCUT2D eigenvalue weighted by Crippen LogP contribution is -2.37. The summed E-state index contributed by atoms with van der Waals surface area (Å²) in [6.45, 7) is 5.22. The minimum atomic E-state index is -4.55. The van der Waals surface area contributed by atoms with E-state index in [1.807, 2.05) is 21.1 Å². The van der Waals surface area contributed by atoms with Crippen LogP contribution in [0.25, 0.3) is 0 Å². The van der Waals surface area contributed by atoms with E-state index in [9.17, 15) is 14.3 Å². The summed E-state index contributed by atoms with van der Waals surface area (Å²) in [5, 5.41) is 0. The van der Waals surface area contributed by atoms with Gasteiger partial charge in [-0.2, -0.15) is 0 Å². The van der Waals surface area contributed by atoms with Crippen LogP contribution in [0.15, 0.2) is 72.9 Å². The molecule has 0 radical (unpaired) electrons. The molecule has 0 amide bonds. The van der Waals surface area contributed by atoms with E-state index in [0.29, 0.717) is 24.1 Å². The minimum Gasteiger partial charge on any atom is -0.756 e. The van der Waals surface area contributed by atoms with Gasteiger partial charge >= 0.3 is 5.97 Å². The second kappa shape index (κ2) is 46.5. The molecule has 2 atom stereocenters. The largest absolute Gasteiger partial charge is 0.756 e. The highest BCUT2D eigenvalue weighted by molar-refractivity contribution is 7.45. The van der Waals surface area contributed by atoms with Crippen LogP contribution in [0.1, 0.15) is 206 Å². The van der Waals surface area contributed by atoms with Gasteiger partial charge in [-0.3, -0.25) is 9.36 Å². The van der Waals surface area contributed by atoms with Crippen molar-refractivity contribution in [3.05, 3.63) is 72.9 Å². The molecular formula is C54H98NO7P. The molecule has 0 bridgehead atoms. The Morgan fingerprint density at radius 1 is 0.508 bits per heavy atom. The first kappa shape index (κ1) is 60.9. The van der Waals surface area contributed by atoms with Crippen molar-refractivity contribution in [3.8, 4) is 0 Å². The minimum absolute atomic E-state index is 0.0127. The van der Waals surface area contributed by atoms with Gasteiger partial charge in [-0.1, -0.05) is 196 Å². The van der Waals surface area contributed by atoms with Crippen molar-refractivity contribution in [3.63, 3.8) is 0 Å². The number of likely N-dealkylation sites (N-methyl/N-ethyl adjacent to an activating group) is 1. The molecule has 0 aromatic carbocycles. The van der Waals surface area contributed by atoms with Gasteiger partial charge in [0.05, 0.1) is 34.4 Å². The van der Waals surface area contributed by atoms with Crippen LogP contribution in [0, 0.1) is 0 Å². The number of rotatable bonds is 47. The molecule has 0 aliphatic carbocycles. The zero-order valence-corrected chi connectivity index (χ0v) is 42.4. The highest BCUT2D eigenvalue weighted by Gasteiger charge is 2.20. The lowest BCUT2D eigenvalue weighted by atomic mass is 10.0. The molecule has 8 nitrogen and oxygen atoms in total. The third-order valence-electron chi connectivity index (χ3n) is 10.7. The van der Waals surface area contributed by atoms with Gasteiger partial charge in [0.15, 0.2) is 0 Å². The third-order valence-corrected chi connectivity index (χ3v) is 11.7. The number of quaternary nitrogens is 1. The Hall–Kier alpha value is -2.06. The maximum Gasteiger partial charge on any atom is 0.306 e. The molecule has 0 heterocycles. The van der Waals surface area contributed by atoms with E-state index in [-0.39, 0.29) is 26.2 Å². The fourth-order valence-corrected chi connectivity index (χ4v) is 7.54. The number of ether oxygens (including phenoxy) is 2. The van der Waals surface area contributed by atoms with Crippen molar-refractivity contribution in [2.75, 3.05) is 54.1 Å². The first-order valence-electron chi connectivity index (χ1n) is 25.7. The number of unbranched alkanes of at least 4 members (excludes halogenated alkanes) is 21. The number of hydrogen-bond donors (Lipinski definition) is 0. The van der Waals surface area contributed by atoms with E-state index in [1.54, 1.807) is 0 Å². The van der Waals surface area contributed by atoms with Gasteiger partial charge in [0.1, 0.15) is 19.3 Å². The van der Waals surface area contributed by atoms with E-state index in [0.717, 1.165) is 51.4 Å². The van der Waals surface area contributed by atoms with Crippen LogP contribution < -0.4 is 4.89 Å². The van der Waals surface area contributed by atoms with E-state index in [1.165, 1.54) is 128 Å². The van der Waals surface area contributed by atoms with Crippen LogP contribution in [0.2, 0.25) is 0 Å². The van der Waals surface area contributed by atoms with E-state index >= 15 is 0 Å². The Morgan fingerprint density at radius 3 is 1.40 bits per heavy atom. The third kappa shape index (κ3) is 50.8. The molecule has 0 rings (SSSR count). The average molecular weight is 904 g/mol. The molecule has 0 aliphatic rings. The fraction of sp³-hybridized carbons (Fsp3) is 0.759. The summed E-state index contributed by atoms with van der Waals surface area (Å²) < 4.78 is 34.7. The standard InChI is InChI=1S/C54H98NO7P/c1-6-8-10-12-14-16-18-20-22-24-25-26-27-28-29-30-32-34-36-38-40-42-44-46-49-59-51-53(52-61-63(57,58)60-50-48-55(3,4)5)62-54(56)47-45-43-41-39-37-35-33-31-23-21-19-17-15-13-11-9-7-2/h9,11,15,17,21,23-25,33,35,39,41,53H,6-8,10,12-14,16,18-20,22,26-32,34,36-38,40,42-52H2,1-5H3/b11-9-,17-15-,23-21-,25-24-,35-33-,41-39-. The molecule has 0 aromatic heterocycles. The lowest BCUT2D eigenvalue weighted by molar-refractivity contribution is -0.870. The van der Waals surface area contributed by atoms with Crippen molar-refractivity contribution in [1.29, 1.82) is 0 Å². The second-order valence-electron chi connectivity index (χ2n) is 18.1. The zero-order chi connectivity index (χ0) is 46.2. The van der Waals surface area contributed by atoms with Crippen LogP contribution in [0.4, 0.5) is 0 Å². The van der Waals surface area contributed by atoms with Crippen LogP contribution in [-0.2, 0) is 27.9 Å². The number of carbonyl (C=O) groups is 1. The van der Waals surface area contributed by atoms with Crippen LogP contribution >= 0.6 is 7.82 Å². The van der Waals surface area contributed by atoms with Gasteiger partial charge in [-0.15, -0.1) is 0 Å². The SMILES string of the molecule is CC/C=C\C/C=C\C/C=C\C/C=C\C/C=C\CCCC(=O)OC(COCCCCCCCCCCCCCC/C=C\CCCCCCCCCC)COP(=O)([O-])OCC[N+](C)(C)C. The van der Waals surface area contributed by atoms with E-state index < -0.39 is 19.9 Å². The second-order valence-corrected chi connectivity index (χ2v) is 19.6. The normalized spacial score (nSPS) is 14.2. The van der Waals surface area contributed by atoms with Crippen molar-refractivity contribution in [2.24, 2.45) is 0 Å². The Balaban J connectivity index is 4.18. The van der Waals surface area contributed by atoms with Gasteiger partial charge in [-0.25, -0.2) is 0 Å². The quantitative estimate of drug-likeness (QED) is 0.0197. The first-order chi connectivity index (χ1) is 30.6. The Morgan fingerprint density at radius 2 is 0.921 bits per heavy atom. The van der Waals surface area contributed by atoms with E-state index in [2.05, 4.69) is 86.8 Å². The Kier molecular flexibility index (Phi) is 44.9. The van der Waals surface area contributed by atoms with Crippen molar-refractivity contribution in [2.45, 2.75) is 213 Å². The summed E-state index contributed by atoms with van der Waals surface area (Å²) in [6, 6.07) is 0. The van der Waals surface area contributed by atoms with Gasteiger partial charge in [0.2, 0.25) is 0 Å². The smallest absolute Gasteiger partial charge is 0.306 e. The number of nitrogens with zero attached hydrogens (tertiary/aromatic N) is 1. The van der Waals surface area contributed by atoms with Crippen molar-refractivity contribution >= 4 is 13.8 Å². The first-order valence-corrected chi connectivity index (χ1v) is 27.1. The van der Waals surface area contributed by atoms with Crippen molar-refractivity contribution in [1.82, 2.24) is 0 Å². The van der Waals surface area contributed by atoms with Crippen LogP contribution in [0.5, 0.6) is 0 Å². The molecule has 0 saturated heterocycles. The molecule has 0 saturated carbocycles. The maximum atomic E-state index is 12.7. The topological polar surface area (TPSA) is 94.1 Å². The van der Waals surface area contributed by atoms with Gasteiger partial charge in [-0.05, 0) is 77.0 Å². The fourth-order valence-electron chi connectivity index (χ4n) is 6.81. The zero-order valence-electron chi connectivity index (χ0n) is 41.5. The van der Waals surface area contributed by atoms with Crippen LogP contribution in [0.3, 0.4) is 0 Å². The van der Waals surface area contributed by atoms with Gasteiger partial charge < -0.3 is 27.9 Å². The van der Waals surface area contributed by atoms with Crippen molar-refractivity contribution < 1.29 is 37.3 Å². The predicted molar refractivity (Wildman–Crippen MR) is 268 cm³/mol. The van der Waals surface area contributed by atoms with Crippen LogP contribution in [-0.4, -0.2) is 70.7 Å². The number of esters is 1.